The molecule has 1 aliphatic carbocycles. The average molecular weight is 266 g/mol. The third kappa shape index (κ3) is 3.28. The van der Waals surface area contributed by atoms with E-state index >= 15 is 0 Å². The lowest BCUT2D eigenvalue weighted by Crippen LogP contribution is -2.52. The molecule has 0 amide bonds. The first-order chi connectivity index (χ1) is 8.95. The zero-order chi connectivity index (χ0) is 14.0. The van der Waals surface area contributed by atoms with Crippen LogP contribution in [0.15, 0.2) is 23.3 Å². The zero-order valence-electron chi connectivity index (χ0n) is 12.7. The largest absolute Gasteiger partial charge is 0.384 e. The van der Waals surface area contributed by atoms with Gasteiger partial charge >= 0.3 is 0 Å². The molecule has 0 radical (unpaired) electrons. The van der Waals surface area contributed by atoms with Crippen molar-refractivity contribution in [3.05, 3.63) is 23.3 Å². The molecule has 1 heterocycles. The second kappa shape index (κ2) is 5.78. The summed E-state index contributed by atoms with van der Waals surface area (Å²) in [7, 11) is 1.73. The van der Waals surface area contributed by atoms with Crippen molar-refractivity contribution < 1.29 is 14.2 Å². The van der Waals surface area contributed by atoms with Gasteiger partial charge in [0.05, 0.1) is 24.7 Å². The highest BCUT2D eigenvalue weighted by Crippen LogP contribution is 2.41. The van der Waals surface area contributed by atoms with E-state index in [9.17, 15) is 0 Å². The minimum atomic E-state index is -0.564. The van der Waals surface area contributed by atoms with Crippen LogP contribution in [-0.4, -0.2) is 31.7 Å². The van der Waals surface area contributed by atoms with Gasteiger partial charge in [-0.05, 0) is 34.1 Å². The van der Waals surface area contributed by atoms with E-state index in [0.717, 1.165) is 12.8 Å². The number of rotatable bonds is 2. The SMILES string of the molecule is COC[C@H]1C=C(C)C=C(C)CC12O[C@H](C)C[C@H](C)O2. The zero-order valence-corrected chi connectivity index (χ0v) is 12.7. The molecule has 1 fully saturated rings. The van der Waals surface area contributed by atoms with Gasteiger partial charge in [-0.2, -0.15) is 0 Å². The standard InChI is InChI=1S/C16H26O3/c1-11-6-12(2)9-16(15(7-11)10-17-5)18-13(3)8-14(4)19-16/h6-7,13-15H,8-10H2,1-5H3/t13-,14+,15-,16?/m1/s1. The molecular weight excluding hydrogens is 240 g/mol. The van der Waals surface area contributed by atoms with Crippen molar-refractivity contribution in [2.45, 2.75) is 58.5 Å². The van der Waals surface area contributed by atoms with Crippen LogP contribution in [0.25, 0.3) is 0 Å². The maximum absolute atomic E-state index is 6.26. The Labute approximate surface area is 116 Å². The van der Waals surface area contributed by atoms with Crippen molar-refractivity contribution in [1.29, 1.82) is 0 Å². The molecule has 1 saturated heterocycles. The minimum Gasteiger partial charge on any atom is -0.384 e. The first-order valence-electron chi connectivity index (χ1n) is 7.15. The molecule has 2 rings (SSSR count). The molecule has 1 aliphatic heterocycles. The topological polar surface area (TPSA) is 27.7 Å². The summed E-state index contributed by atoms with van der Waals surface area (Å²) in [5.74, 6) is -0.428. The van der Waals surface area contributed by atoms with E-state index in [1.165, 1.54) is 11.1 Å². The summed E-state index contributed by atoms with van der Waals surface area (Å²) in [4.78, 5) is 0. The second-order valence-electron chi connectivity index (χ2n) is 6.04. The maximum atomic E-state index is 6.26. The van der Waals surface area contributed by atoms with Crippen molar-refractivity contribution in [2.75, 3.05) is 13.7 Å². The van der Waals surface area contributed by atoms with Crippen molar-refractivity contribution in [1.82, 2.24) is 0 Å². The molecule has 1 unspecified atom stereocenters. The van der Waals surface area contributed by atoms with Gasteiger partial charge in [0.1, 0.15) is 0 Å². The number of allylic oxidation sites excluding steroid dienone is 2. The third-order valence-electron chi connectivity index (χ3n) is 3.84. The van der Waals surface area contributed by atoms with E-state index in [0.29, 0.717) is 6.61 Å². The van der Waals surface area contributed by atoms with Crippen LogP contribution in [0, 0.1) is 5.92 Å². The predicted molar refractivity (Wildman–Crippen MR) is 75.9 cm³/mol. The molecule has 3 heteroatoms. The highest BCUT2D eigenvalue weighted by Gasteiger charge is 2.46. The summed E-state index contributed by atoms with van der Waals surface area (Å²) in [6.07, 6.45) is 6.65. The Hall–Kier alpha value is -0.640. The van der Waals surface area contributed by atoms with Crippen LogP contribution in [0.2, 0.25) is 0 Å². The molecule has 108 valence electrons. The summed E-state index contributed by atoms with van der Waals surface area (Å²) in [5.41, 5.74) is 2.56. The van der Waals surface area contributed by atoms with Gasteiger partial charge in [0.25, 0.3) is 0 Å². The number of hydrogen-bond donors (Lipinski definition) is 0. The Bertz CT molecular complexity index is 373. The lowest BCUT2D eigenvalue weighted by Gasteiger charge is -2.46. The fourth-order valence-corrected chi connectivity index (χ4v) is 3.34. The average Bonchev–Trinajstić information content (AvgIpc) is 2.35. The van der Waals surface area contributed by atoms with E-state index < -0.39 is 5.79 Å². The maximum Gasteiger partial charge on any atom is 0.181 e. The minimum absolute atomic E-state index is 0.136. The molecule has 19 heavy (non-hydrogen) atoms. The Balaban J connectivity index is 2.34. The lowest BCUT2D eigenvalue weighted by molar-refractivity contribution is -0.330. The van der Waals surface area contributed by atoms with Crippen molar-refractivity contribution >= 4 is 0 Å². The summed E-state index contributed by atoms with van der Waals surface area (Å²) in [6, 6.07) is 0. The van der Waals surface area contributed by atoms with Crippen LogP contribution in [-0.2, 0) is 14.2 Å². The van der Waals surface area contributed by atoms with Crippen LogP contribution in [0.1, 0.15) is 40.5 Å². The molecule has 0 aromatic heterocycles. The Morgan fingerprint density at radius 2 is 1.89 bits per heavy atom. The van der Waals surface area contributed by atoms with E-state index in [-0.39, 0.29) is 18.1 Å². The fourth-order valence-electron chi connectivity index (χ4n) is 3.34. The van der Waals surface area contributed by atoms with Gasteiger partial charge in [0.2, 0.25) is 0 Å². The fraction of sp³-hybridized carbons (Fsp3) is 0.750. The Kier molecular flexibility index (Phi) is 4.49. The van der Waals surface area contributed by atoms with Crippen LogP contribution >= 0.6 is 0 Å². The molecule has 3 nitrogen and oxygen atoms in total. The van der Waals surface area contributed by atoms with E-state index in [2.05, 4.69) is 39.8 Å². The van der Waals surface area contributed by atoms with Crippen molar-refractivity contribution in [2.24, 2.45) is 5.92 Å². The molecule has 0 N–H and O–H groups in total. The summed E-state index contributed by atoms with van der Waals surface area (Å²) < 4.78 is 17.9. The van der Waals surface area contributed by atoms with Gasteiger partial charge < -0.3 is 14.2 Å². The van der Waals surface area contributed by atoms with Gasteiger partial charge in [-0.25, -0.2) is 0 Å². The normalized spacial score (nSPS) is 39.7. The Morgan fingerprint density at radius 3 is 2.47 bits per heavy atom. The van der Waals surface area contributed by atoms with Gasteiger partial charge in [-0.15, -0.1) is 0 Å². The first kappa shape index (κ1) is 14.8. The summed E-state index contributed by atoms with van der Waals surface area (Å²) in [6.45, 7) is 9.15. The number of hydrogen-bond acceptors (Lipinski definition) is 3. The van der Waals surface area contributed by atoms with Gasteiger partial charge in [0.15, 0.2) is 5.79 Å². The molecule has 4 atom stereocenters. The summed E-state index contributed by atoms with van der Waals surface area (Å²) >= 11 is 0. The van der Waals surface area contributed by atoms with E-state index in [1.807, 2.05) is 0 Å². The number of methoxy groups -OCH3 is 1. The summed E-state index contributed by atoms with van der Waals surface area (Å²) in [5, 5.41) is 0. The van der Waals surface area contributed by atoms with Crippen LogP contribution in [0.4, 0.5) is 0 Å². The predicted octanol–water partition coefficient (Wildman–Crippen LogP) is 3.46. The lowest BCUT2D eigenvalue weighted by atomic mass is 9.91. The smallest absolute Gasteiger partial charge is 0.181 e. The molecular formula is C16H26O3. The molecule has 0 saturated carbocycles. The Morgan fingerprint density at radius 1 is 1.26 bits per heavy atom. The molecule has 0 aromatic rings. The third-order valence-corrected chi connectivity index (χ3v) is 3.84. The van der Waals surface area contributed by atoms with Gasteiger partial charge in [0, 0.05) is 13.5 Å². The van der Waals surface area contributed by atoms with E-state index in [1.54, 1.807) is 7.11 Å². The molecule has 2 aliphatic rings. The molecule has 1 spiro atoms. The monoisotopic (exact) mass is 266 g/mol. The first-order valence-corrected chi connectivity index (χ1v) is 7.15. The highest BCUT2D eigenvalue weighted by atomic mass is 16.7. The van der Waals surface area contributed by atoms with Crippen LogP contribution in [0.5, 0.6) is 0 Å². The van der Waals surface area contributed by atoms with Crippen molar-refractivity contribution in [3.63, 3.8) is 0 Å². The van der Waals surface area contributed by atoms with E-state index in [4.69, 9.17) is 14.2 Å². The quantitative estimate of drug-likeness (QED) is 0.766. The van der Waals surface area contributed by atoms with Crippen LogP contribution in [0.3, 0.4) is 0 Å². The van der Waals surface area contributed by atoms with Crippen molar-refractivity contribution in [3.8, 4) is 0 Å². The van der Waals surface area contributed by atoms with Gasteiger partial charge in [-0.3, -0.25) is 0 Å². The van der Waals surface area contributed by atoms with Gasteiger partial charge in [-0.1, -0.05) is 23.3 Å². The number of ether oxygens (including phenoxy) is 3. The van der Waals surface area contributed by atoms with Crippen LogP contribution < -0.4 is 0 Å². The molecule has 0 bridgehead atoms. The second-order valence-corrected chi connectivity index (χ2v) is 6.04. The highest BCUT2D eigenvalue weighted by molar-refractivity contribution is 5.27. The molecule has 0 aromatic carbocycles.